The van der Waals surface area contributed by atoms with Crippen LogP contribution in [0, 0.1) is 5.92 Å². The van der Waals surface area contributed by atoms with E-state index in [2.05, 4.69) is 5.32 Å². The van der Waals surface area contributed by atoms with Crippen molar-refractivity contribution in [2.75, 3.05) is 0 Å². The predicted molar refractivity (Wildman–Crippen MR) is 67.9 cm³/mol. The van der Waals surface area contributed by atoms with Gasteiger partial charge in [-0.25, -0.2) is 4.79 Å². The lowest BCUT2D eigenvalue weighted by atomic mass is 10.0. The summed E-state index contributed by atoms with van der Waals surface area (Å²) in [5.74, 6) is 0.164. The fraction of sp³-hybridized carbons (Fsp3) is 0.846. The van der Waals surface area contributed by atoms with Gasteiger partial charge in [-0.15, -0.1) is 0 Å². The minimum atomic E-state index is -0.509. The summed E-state index contributed by atoms with van der Waals surface area (Å²) in [5, 5.41) is 2.73. The molecule has 0 heterocycles. The second kappa shape index (κ2) is 6.62. The molecule has 0 aromatic rings. The molecule has 1 amide bonds. The van der Waals surface area contributed by atoms with Crippen LogP contribution in [0.1, 0.15) is 54.4 Å². The van der Waals surface area contributed by atoms with E-state index in [1.54, 1.807) is 0 Å². The Kier molecular flexibility index (Phi) is 6.21. The third kappa shape index (κ3) is 7.77. The van der Waals surface area contributed by atoms with Crippen LogP contribution in [0.3, 0.4) is 0 Å². The fourth-order valence-electron chi connectivity index (χ4n) is 1.25. The summed E-state index contributed by atoms with van der Waals surface area (Å²) in [6.07, 6.45) is 0.631. The molecule has 0 aliphatic heterocycles. The van der Waals surface area contributed by atoms with E-state index in [0.717, 1.165) is 6.42 Å². The third-order valence-electron chi connectivity index (χ3n) is 2.31. The number of Topliss-reactive ketones (excluding diaryl/α,β-unsaturated/α-hetero) is 1. The lowest BCUT2D eigenvalue weighted by Gasteiger charge is -2.23. The molecule has 4 heteroatoms. The number of rotatable bonds is 5. The highest BCUT2D eigenvalue weighted by Crippen LogP contribution is 2.09. The minimum absolute atomic E-state index is 0.00415. The summed E-state index contributed by atoms with van der Waals surface area (Å²) < 4.78 is 5.15. The highest BCUT2D eigenvalue weighted by Gasteiger charge is 2.21. The molecule has 0 fully saturated rings. The molecule has 0 aromatic carbocycles. The molecule has 0 spiro atoms. The molecule has 1 N–H and O–H groups in total. The summed E-state index contributed by atoms with van der Waals surface area (Å²) >= 11 is 0. The number of carbonyl (C=O) groups excluding carboxylic acids is 2. The van der Waals surface area contributed by atoms with Gasteiger partial charge in [0.25, 0.3) is 0 Å². The Balaban J connectivity index is 4.22. The third-order valence-corrected chi connectivity index (χ3v) is 2.31. The minimum Gasteiger partial charge on any atom is -0.444 e. The van der Waals surface area contributed by atoms with Gasteiger partial charge in [-0.1, -0.05) is 20.8 Å². The number of alkyl carbamates (subject to hydrolysis) is 1. The van der Waals surface area contributed by atoms with Crippen molar-refractivity contribution in [1.29, 1.82) is 0 Å². The first-order valence-corrected chi connectivity index (χ1v) is 6.18. The highest BCUT2D eigenvalue weighted by atomic mass is 16.6. The lowest BCUT2D eigenvalue weighted by molar-refractivity contribution is -0.122. The average Bonchev–Trinajstić information content (AvgIpc) is 2.13. The van der Waals surface area contributed by atoms with Gasteiger partial charge < -0.3 is 10.1 Å². The van der Waals surface area contributed by atoms with Crippen LogP contribution in [0.15, 0.2) is 0 Å². The zero-order valence-corrected chi connectivity index (χ0v) is 11.8. The van der Waals surface area contributed by atoms with Crippen LogP contribution >= 0.6 is 0 Å². The lowest BCUT2D eigenvalue weighted by Crippen LogP contribution is -2.40. The van der Waals surface area contributed by atoms with Crippen molar-refractivity contribution in [3.05, 3.63) is 0 Å². The Hall–Kier alpha value is -1.06. The molecule has 100 valence electrons. The predicted octanol–water partition coefficient (Wildman–Crippen LogP) is 2.90. The van der Waals surface area contributed by atoms with E-state index in [1.807, 2.05) is 41.5 Å². The van der Waals surface area contributed by atoms with Crippen molar-refractivity contribution in [3.8, 4) is 0 Å². The van der Waals surface area contributed by atoms with Crippen molar-refractivity contribution in [2.45, 2.75) is 66.0 Å². The molecule has 0 rings (SSSR count). The van der Waals surface area contributed by atoms with Crippen molar-refractivity contribution < 1.29 is 14.3 Å². The number of nitrogens with one attached hydrogen (secondary N) is 1. The van der Waals surface area contributed by atoms with Crippen LogP contribution in [0.5, 0.6) is 0 Å². The largest absolute Gasteiger partial charge is 0.444 e. The molecule has 1 atom stereocenters. The molecule has 0 bridgehead atoms. The monoisotopic (exact) mass is 243 g/mol. The number of ketones is 1. The Bertz CT molecular complexity index is 266. The molecule has 0 radical (unpaired) electrons. The summed E-state index contributed by atoms with van der Waals surface area (Å²) in [7, 11) is 0. The van der Waals surface area contributed by atoms with Gasteiger partial charge in [0, 0.05) is 18.4 Å². The van der Waals surface area contributed by atoms with E-state index in [4.69, 9.17) is 4.74 Å². The maximum Gasteiger partial charge on any atom is 0.407 e. The number of amides is 1. The van der Waals surface area contributed by atoms with Gasteiger partial charge in [0.05, 0.1) is 0 Å². The zero-order valence-electron chi connectivity index (χ0n) is 11.8. The second-order valence-electron chi connectivity index (χ2n) is 5.58. The van der Waals surface area contributed by atoms with Crippen LogP contribution in [0.25, 0.3) is 0 Å². The number of ether oxygens (including phenoxy) is 1. The topological polar surface area (TPSA) is 55.4 Å². The summed E-state index contributed by atoms with van der Waals surface area (Å²) in [6, 6.07) is -0.139. The van der Waals surface area contributed by atoms with Crippen molar-refractivity contribution >= 4 is 11.9 Å². The molecule has 4 nitrogen and oxygen atoms in total. The van der Waals surface area contributed by atoms with Crippen molar-refractivity contribution in [2.24, 2.45) is 5.92 Å². The quantitative estimate of drug-likeness (QED) is 0.807. The Morgan fingerprint density at radius 1 is 1.24 bits per heavy atom. The first-order valence-electron chi connectivity index (χ1n) is 6.18. The van der Waals surface area contributed by atoms with Gasteiger partial charge in [-0.3, -0.25) is 4.79 Å². The molecule has 0 saturated carbocycles. The standard InChI is InChI=1S/C13H25NO3/c1-7-10(8-11(15)9(2)3)14-12(16)17-13(4,5)6/h9-10H,7-8H2,1-6H3,(H,14,16). The molecule has 0 aliphatic rings. The molecule has 0 aliphatic carbocycles. The van der Waals surface area contributed by atoms with Gasteiger partial charge in [0.1, 0.15) is 11.4 Å². The fourth-order valence-corrected chi connectivity index (χ4v) is 1.25. The number of carbonyl (C=O) groups is 2. The normalized spacial score (nSPS) is 13.4. The maximum absolute atomic E-state index is 11.6. The van der Waals surface area contributed by atoms with Crippen LogP contribution in [-0.4, -0.2) is 23.5 Å². The highest BCUT2D eigenvalue weighted by molar-refractivity contribution is 5.81. The van der Waals surface area contributed by atoms with Crippen molar-refractivity contribution in [3.63, 3.8) is 0 Å². The van der Waals surface area contributed by atoms with E-state index in [-0.39, 0.29) is 17.7 Å². The first kappa shape index (κ1) is 15.9. The Labute approximate surface area is 104 Å². The van der Waals surface area contributed by atoms with Gasteiger partial charge in [0.2, 0.25) is 0 Å². The van der Waals surface area contributed by atoms with E-state index in [0.29, 0.717) is 6.42 Å². The molecule has 1 unspecified atom stereocenters. The Morgan fingerprint density at radius 2 is 1.76 bits per heavy atom. The van der Waals surface area contributed by atoms with Gasteiger partial charge in [-0.05, 0) is 27.2 Å². The SMILES string of the molecule is CCC(CC(=O)C(C)C)NC(=O)OC(C)(C)C. The van der Waals surface area contributed by atoms with Crippen molar-refractivity contribution in [1.82, 2.24) is 5.32 Å². The van der Waals surface area contributed by atoms with E-state index in [9.17, 15) is 9.59 Å². The molecule has 0 saturated heterocycles. The van der Waals surface area contributed by atoms with Crippen LogP contribution in [0.2, 0.25) is 0 Å². The zero-order chi connectivity index (χ0) is 13.6. The molecule has 0 aromatic heterocycles. The van der Waals surface area contributed by atoms with Gasteiger partial charge >= 0.3 is 6.09 Å². The van der Waals surface area contributed by atoms with E-state index in [1.165, 1.54) is 0 Å². The second-order valence-corrected chi connectivity index (χ2v) is 5.58. The van der Waals surface area contributed by atoms with Crippen LogP contribution in [0.4, 0.5) is 4.79 Å². The summed E-state index contributed by atoms with van der Waals surface area (Å²) in [4.78, 5) is 23.1. The summed E-state index contributed by atoms with van der Waals surface area (Å²) in [5.41, 5.74) is -0.509. The molecule has 17 heavy (non-hydrogen) atoms. The van der Waals surface area contributed by atoms with Crippen LogP contribution < -0.4 is 5.32 Å². The number of hydrogen-bond acceptors (Lipinski definition) is 3. The first-order chi connectivity index (χ1) is 7.65. The van der Waals surface area contributed by atoms with E-state index >= 15 is 0 Å². The van der Waals surface area contributed by atoms with Gasteiger partial charge in [-0.2, -0.15) is 0 Å². The molecular weight excluding hydrogens is 218 g/mol. The number of hydrogen-bond donors (Lipinski definition) is 1. The van der Waals surface area contributed by atoms with Crippen LogP contribution in [-0.2, 0) is 9.53 Å². The maximum atomic E-state index is 11.6. The van der Waals surface area contributed by atoms with E-state index < -0.39 is 11.7 Å². The average molecular weight is 243 g/mol. The summed E-state index contributed by atoms with van der Waals surface area (Å²) in [6.45, 7) is 11.1. The van der Waals surface area contributed by atoms with Gasteiger partial charge in [0.15, 0.2) is 0 Å². The Morgan fingerprint density at radius 3 is 2.12 bits per heavy atom. The molecular formula is C13H25NO3. The smallest absolute Gasteiger partial charge is 0.407 e.